The number of aryl methyl sites for hydroxylation is 1. The Bertz CT molecular complexity index is 748. The summed E-state index contributed by atoms with van der Waals surface area (Å²) in [6, 6.07) is 18.2. The molecular weight excluding hydrogens is 371 g/mol. The van der Waals surface area contributed by atoms with Crippen LogP contribution in [0.5, 0.6) is 0 Å². The maximum atomic E-state index is 13.3. The molecule has 1 unspecified atom stereocenters. The van der Waals surface area contributed by atoms with Crippen molar-refractivity contribution in [3.8, 4) is 0 Å². The SMILES string of the molecule is CCCN(CCc1ccccc1)C(C)CCc1ccc(C2(C(F)(F)F)CC2)cc1. The standard InChI is InChI=1S/C25H32F3N/c1-3-18-29(19-15-21-7-5-4-6-8-21)20(2)9-10-22-11-13-23(14-12-22)24(16-17-24)25(26,27)28/h4-8,11-14,20H,3,9-10,15-19H2,1-2H3. The number of hydrogen-bond donors (Lipinski definition) is 0. The third kappa shape index (κ3) is 5.42. The molecule has 0 heterocycles. The van der Waals surface area contributed by atoms with Gasteiger partial charge < -0.3 is 4.90 Å². The van der Waals surface area contributed by atoms with Crippen LogP contribution in [0, 0.1) is 0 Å². The fourth-order valence-electron chi connectivity index (χ4n) is 4.17. The van der Waals surface area contributed by atoms with Gasteiger partial charge in [0.25, 0.3) is 0 Å². The molecule has 0 aliphatic heterocycles. The molecule has 1 aliphatic carbocycles. The van der Waals surface area contributed by atoms with Crippen LogP contribution in [0.4, 0.5) is 13.2 Å². The van der Waals surface area contributed by atoms with Gasteiger partial charge in [-0.05, 0) is 68.7 Å². The zero-order chi connectivity index (χ0) is 20.9. The average molecular weight is 404 g/mol. The van der Waals surface area contributed by atoms with Gasteiger partial charge in [-0.1, -0.05) is 61.5 Å². The van der Waals surface area contributed by atoms with E-state index in [1.165, 1.54) is 5.56 Å². The number of hydrogen-bond acceptors (Lipinski definition) is 1. The number of rotatable bonds is 10. The molecule has 1 atom stereocenters. The lowest BCUT2D eigenvalue weighted by Crippen LogP contribution is -2.35. The summed E-state index contributed by atoms with van der Waals surface area (Å²) in [5.74, 6) is 0. The number of alkyl halides is 3. The molecule has 3 rings (SSSR count). The minimum Gasteiger partial charge on any atom is -0.300 e. The normalized spacial score (nSPS) is 16.8. The highest BCUT2D eigenvalue weighted by Crippen LogP contribution is 2.58. The zero-order valence-corrected chi connectivity index (χ0v) is 17.5. The van der Waals surface area contributed by atoms with Gasteiger partial charge in [0.05, 0.1) is 5.41 Å². The fraction of sp³-hybridized carbons (Fsp3) is 0.520. The molecule has 0 amide bonds. The minimum atomic E-state index is -4.14. The molecule has 0 saturated heterocycles. The Morgan fingerprint density at radius 3 is 2.07 bits per heavy atom. The predicted molar refractivity (Wildman–Crippen MR) is 113 cm³/mol. The van der Waals surface area contributed by atoms with Crippen molar-refractivity contribution in [1.82, 2.24) is 4.90 Å². The largest absolute Gasteiger partial charge is 0.398 e. The molecule has 1 nitrogen and oxygen atoms in total. The summed E-state index contributed by atoms with van der Waals surface area (Å²) < 4.78 is 39.9. The Hall–Kier alpha value is -1.81. The molecule has 2 aromatic carbocycles. The molecule has 1 saturated carbocycles. The van der Waals surface area contributed by atoms with Crippen molar-refractivity contribution < 1.29 is 13.2 Å². The lowest BCUT2D eigenvalue weighted by Gasteiger charge is -2.29. The molecule has 0 bridgehead atoms. The van der Waals surface area contributed by atoms with Crippen LogP contribution in [0.25, 0.3) is 0 Å². The second kappa shape index (κ2) is 9.34. The highest BCUT2D eigenvalue weighted by molar-refractivity contribution is 5.35. The van der Waals surface area contributed by atoms with E-state index >= 15 is 0 Å². The maximum absolute atomic E-state index is 13.3. The molecule has 29 heavy (non-hydrogen) atoms. The van der Waals surface area contributed by atoms with E-state index in [1.54, 1.807) is 12.1 Å². The molecule has 4 heteroatoms. The third-order valence-electron chi connectivity index (χ3n) is 6.31. The number of benzene rings is 2. The van der Waals surface area contributed by atoms with Gasteiger partial charge in [0.1, 0.15) is 0 Å². The summed E-state index contributed by atoms with van der Waals surface area (Å²) in [6.45, 7) is 6.57. The van der Waals surface area contributed by atoms with Crippen molar-refractivity contribution in [3.05, 3.63) is 71.3 Å². The first-order valence-corrected chi connectivity index (χ1v) is 10.8. The monoisotopic (exact) mass is 403 g/mol. The predicted octanol–water partition coefficient (Wildman–Crippen LogP) is 6.56. The minimum absolute atomic E-state index is 0.222. The first-order chi connectivity index (χ1) is 13.9. The van der Waals surface area contributed by atoms with E-state index in [0.29, 0.717) is 11.6 Å². The van der Waals surface area contributed by atoms with Gasteiger partial charge >= 0.3 is 6.18 Å². The van der Waals surface area contributed by atoms with Crippen LogP contribution in [0.1, 0.15) is 56.2 Å². The summed E-state index contributed by atoms with van der Waals surface area (Å²) >= 11 is 0. The molecule has 0 spiro atoms. The third-order valence-corrected chi connectivity index (χ3v) is 6.31. The first-order valence-electron chi connectivity index (χ1n) is 10.8. The first kappa shape index (κ1) is 21.9. The van der Waals surface area contributed by atoms with Crippen molar-refractivity contribution >= 4 is 0 Å². The van der Waals surface area contributed by atoms with Gasteiger partial charge in [-0.2, -0.15) is 13.2 Å². The highest BCUT2D eigenvalue weighted by Gasteiger charge is 2.64. The lowest BCUT2D eigenvalue weighted by atomic mass is 9.93. The smallest absolute Gasteiger partial charge is 0.300 e. The van der Waals surface area contributed by atoms with Crippen LogP contribution < -0.4 is 0 Å². The molecule has 1 aliphatic rings. The van der Waals surface area contributed by atoms with Gasteiger partial charge in [0.2, 0.25) is 0 Å². The quantitative estimate of drug-likeness (QED) is 0.434. The number of nitrogens with zero attached hydrogens (tertiary/aromatic N) is 1. The Balaban J connectivity index is 1.53. The van der Waals surface area contributed by atoms with Gasteiger partial charge in [0, 0.05) is 12.6 Å². The lowest BCUT2D eigenvalue weighted by molar-refractivity contribution is -0.160. The van der Waals surface area contributed by atoms with Gasteiger partial charge in [-0.25, -0.2) is 0 Å². The summed E-state index contributed by atoms with van der Waals surface area (Å²) in [5.41, 5.74) is 1.33. The van der Waals surface area contributed by atoms with E-state index in [0.717, 1.165) is 44.3 Å². The summed E-state index contributed by atoms with van der Waals surface area (Å²) in [7, 11) is 0. The Kier molecular flexibility index (Phi) is 7.05. The van der Waals surface area contributed by atoms with E-state index in [1.807, 2.05) is 18.2 Å². The maximum Gasteiger partial charge on any atom is 0.398 e. The van der Waals surface area contributed by atoms with Gasteiger partial charge in [-0.15, -0.1) is 0 Å². The molecule has 0 radical (unpaired) electrons. The van der Waals surface area contributed by atoms with E-state index in [-0.39, 0.29) is 12.8 Å². The van der Waals surface area contributed by atoms with Gasteiger partial charge in [-0.3, -0.25) is 0 Å². The zero-order valence-electron chi connectivity index (χ0n) is 17.5. The fourth-order valence-corrected chi connectivity index (χ4v) is 4.17. The topological polar surface area (TPSA) is 3.24 Å². The van der Waals surface area contributed by atoms with Crippen molar-refractivity contribution in [2.45, 2.75) is 70.0 Å². The number of halogens is 3. The average Bonchev–Trinajstić information content (AvgIpc) is 3.53. The van der Waals surface area contributed by atoms with Crippen LogP contribution in [-0.4, -0.2) is 30.2 Å². The molecule has 0 N–H and O–H groups in total. The van der Waals surface area contributed by atoms with Crippen molar-refractivity contribution in [2.24, 2.45) is 0 Å². The molecule has 2 aromatic rings. The van der Waals surface area contributed by atoms with E-state index in [4.69, 9.17) is 0 Å². The van der Waals surface area contributed by atoms with Crippen LogP contribution in [0.15, 0.2) is 54.6 Å². The van der Waals surface area contributed by atoms with E-state index < -0.39 is 11.6 Å². The van der Waals surface area contributed by atoms with Crippen LogP contribution in [-0.2, 0) is 18.3 Å². The second-order valence-corrected chi connectivity index (χ2v) is 8.44. The van der Waals surface area contributed by atoms with E-state index in [9.17, 15) is 13.2 Å². The van der Waals surface area contributed by atoms with Crippen molar-refractivity contribution in [1.29, 1.82) is 0 Å². The Labute approximate surface area is 172 Å². The summed E-state index contributed by atoms with van der Waals surface area (Å²) in [4.78, 5) is 2.53. The molecule has 158 valence electrons. The molecule has 1 fully saturated rings. The van der Waals surface area contributed by atoms with Crippen LogP contribution in [0.2, 0.25) is 0 Å². The van der Waals surface area contributed by atoms with Crippen LogP contribution in [0.3, 0.4) is 0 Å². The Morgan fingerprint density at radius 2 is 1.52 bits per heavy atom. The molecular formula is C25H32F3N. The highest BCUT2D eigenvalue weighted by atomic mass is 19.4. The summed E-state index contributed by atoms with van der Waals surface area (Å²) in [6.07, 6.45) is 0.375. The van der Waals surface area contributed by atoms with Crippen molar-refractivity contribution in [3.63, 3.8) is 0 Å². The van der Waals surface area contributed by atoms with Crippen LogP contribution >= 0.6 is 0 Å². The van der Waals surface area contributed by atoms with E-state index in [2.05, 4.69) is 43.0 Å². The van der Waals surface area contributed by atoms with Crippen molar-refractivity contribution in [2.75, 3.05) is 13.1 Å². The molecule has 0 aromatic heterocycles. The second-order valence-electron chi connectivity index (χ2n) is 8.44. The Morgan fingerprint density at radius 1 is 0.897 bits per heavy atom. The van der Waals surface area contributed by atoms with Gasteiger partial charge in [0.15, 0.2) is 0 Å². The summed E-state index contributed by atoms with van der Waals surface area (Å²) in [5, 5.41) is 0.